The summed E-state index contributed by atoms with van der Waals surface area (Å²) in [6.07, 6.45) is 7.69. The van der Waals surface area contributed by atoms with E-state index in [2.05, 4.69) is 18.8 Å². The SMILES string of the molecule is C/N=C/C=C\C=C(C)C. The standard InChI is InChI=1S/C8H13N/c1-8(2)6-4-5-7-9-3/h4-7H,1-3H3/b5-4-,9-7+. The van der Waals surface area contributed by atoms with Crippen LogP contribution in [0.4, 0.5) is 0 Å². The van der Waals surface area contributed by atoms with Crippen molar-refractivity contribution in [2.75, 3.05) is 7.05 Å². The Hall–Kier alpha value is -0.850. The first kappa shape index (κ1) is 8.15. The Morgan fingerprint density at radius 3 is 2.33 bits per heavy atom. The van der Waals surface area contributed by atoms with Gasteiger partial charge in [-0.15, -0.1) is 0 Å². The molecule has 0 amide bonds. The first-order valence-electron chi connectivity index (χ1n) is 2.99. The highest BCUT2D eigenvalue weighted by molar-refractivity contribution is 5.71. The number of aliphatic imine (C=N–C) groups is 1. The van der Waals surface area contributed by atoms with Crippen molar-refractivity contribution in [2.45, 2.75) is 13.8 Å². The molecule has 0 rings (SSSR count). The Balaban J connectivity index is 3.60. The van der Waals surface area contributed by atoms with Crippen molar-refractivity contribution < 1.29 is 0 Å². The number of rotatable bonds is 2. The molecule has 0 saturated carbocycles. The first-order valence-corrected chi connectivity index (χ1v) is 2.99. The highest BCUT2D eigenvalue weighted by Crippen LogP contribution is 1.87. The minimum absolute atomic E-state index is 1.30. The van der Waals surface area contributed by atoms with E-state index in [9.17, 15) is 0 Å². The van der Waals surface area contributed by atoms with Crippen LogP contribution in [0.1, 0.15) is 13.8 Å². The normalized spacial score (nSPS) is 11.0. The van der Waals surface area contributed by atoms with Gasteiger partial charge in [0.2, 0.25) is 0 Å². The second-order valence-electron chi connectivity index (χ2n) is 2.04. The average Bonchev–Trinajstić information content (AvgIpc) is 1.80. The highest BCUT2D eigenvalue weighted by Gasteiger charge is 1.67. The fourth-order valence-corrected chi connectivity index (χ4v) is 0.384. The smallest absolute Gasteiger partial charge is 0.0277 e. The van der Waals surface area contributed by atoms with E-state index >= 15 is 0 Å². The van der Waals surface area contributed by atoms with Crippen LogP contribution < -0.4 is 0 Å². The summed E-state index contributed by atoms with van der Waals surface area (Å²) in [5.41, 5.74) is 1.30. The predicted octanol–water partition coefficient (Wildman–Crippen LogP) is 2.21. The molecule has 9 heavy (non-hydrogen) atoms. The van der Waals surface area contributed by atoms with Gasteiger partial charge in [-0.3, -0.25) is 4.99 Å². The third-order valence-electron chi connectivity index (χ3n) is 0.776. The summed E-state index contributed by atoms with van der Waals surface area (Å²) in [5.74, 6) is 0. The van der Waals surface area contributed by atoms with Crippen molar-refractivity contribution in [3.05, 3.63) is 23.8 Å². The third-order valence-corrected chi connectivity index (χ3v) is 0.776. The molecule has 0 aliphatic rings. The molecule has 0 saturated heterocycles. The lowest BCUT2D eigenvalue weighted by Crippen LogP contribution is -1.62. The molecular formula is C8H13N. The summed E-state index contributed by atoms with van der Waals surface area (Å²) >= 11 is 0. The summed E-state index contributed by atoms with van der Waals surface area (Å²) in [5, 5.41) is 0. The van der Waals surface area contributed by atoms with E-state index in [1.165, 1.54) is 5.57 Å². The molecule has 0 aliphatic carbocycles. The van der Waals surface area contributed by atoms with Gasteiger partial charge in [-0.25, -0.2) is 0 Å². The van der Waals surface area contributed by atoms with Crippen LogP contribution in [0.5, 0.6) is 0 Å². The maximum absolute atomic E-state index is 3.79. The minimum atomic E-state index is 1.30. The molecule has 0 atom stereocenters. The zero-order chi connectivity index (χ0) is 7.11. The van der Waals surface area contributed by atoms with E-state index in [1.807, 2.05) is 18.2 Å². The summed E-state index contributed by atoms with van der Waals surface area (Å²) in [6, 6.07) is 0. The Morgan fingerprint density at radius 2 is 1.89 bits per heavy atom. The summed E-state index contributed by atoms with van der Waals surface area (Å²) in [6.45, 7) is 4.13. The quantitative estimate of drug-likeness (QED) is 0.394. The van der Waals surface area contributed by atoms with Gasteiger partial charge in [0.15, 0.2) is 0 Å². The lowest BCUT2D eigenvalue weighted by molar-refractivity contribution is 1.39. The predicted molar refractivity (Wildman–Crippen MR) is 43.0 cm³/mol. The molecule has 0 heterocycles. The molecule has 0 radical (unpaired) electrons. The van der Waals surface area contributed by atoms with Gasteiger partial charge < -0.3 is 0 Å². The number of nitrogens with zero attached hydrogens (tertiary/aromatic N) is 1. The van der Waals surface area contributed by atoms with Crippen molar-refractivity contribution >= 4 is 6.21 Å². The zero-order valence-corrected chi connectivity index (χ0v) is 6.26. The third kappa shape index (κ3) is 7.15. The molecule has 0 spiro atoms. The molecule has 0 unspecified atom stereocenters. The van der Waals surface area contributed by atoms with Crippen molar-refractivity contribution in [1.82, 2.24) is 0 Å². The van der Waals surface area contributed by atoms with Gasteiger partial charge in [0, 0.05) is 13.3 Å². The van der Waals surface area contributed by atoms with E-state index in [4.69, 9.17) is 0 Å². The summed E-state index contributed by atoms with van der Waals surface area (Å²) in [4.78, 5) is 3.79. The van der Waals surface area contributed by atoms with Gasteiger partial charge in [-0.1, -0.05) is 17.7 Å². The van der Waals surface area contributed by atoms with Gasteiger partial charge in [0.1, 0.15) is 0 Å². The Labute approximate surface area is 56.8 Å². The molecule has 0 aromatic carbocycles. The monoisotopic (exact) mass is 123 g/mol. The molecule has 50 valence electrons. The molecular weight excluding hydrogens is 110 g/mol. The lowest BCUT2D eigenvalue weighted by Gasteiger charge is -1.78. The molecule has 1 nitrogen and oxygen atoms in total. The highest BCUT2D eigenvalue weighted by atomic mass is 14.6. The van der Waals surface area contributed by atoms with Gasteiger partial charge in [0.05, 0.1) is 0 Å². The van der Waals surface area contributed by atoms with Crippen molar-refractivity contribution in [1.29, 1.82) is 0 Å². The van der Waals surface area contributed by atoms with Crippen LogP contribution >= 0.6 is 0 Å². The van der Waals surface area contributed by atoms with Crippen LogP contribution in [0.15, 0.2) is 28.8 Å². The second kappa shape index (κ2) is 5.29. The maximum Gasteiger partial charge on any atom is 0.0277 e. The van der Waals surface area contributed by atoms with Crippen molar-refractivity contribution in [2.24, 2.45) is 4.99 Å². The van der Waals surface area contributed by atoms with Crippen LogP contribution in [0.25, 0.3) is 0 Å². The molecule has 0 aliphatic heterocycles. The first-order chi connectivity index (χ1) is 4.27. The van der Waals surface area contributed by atoms with Crippen molar-refractivity contribution in [3.8, 4) is 0 Å². The van der Waals surface area contributed by atoms with Crippen LogP contribution in [0.2, 0.25) is 0 Å². The average molecular weight is 123 g/mol. The zero-order valence-electron chi connectivity index (χ0n) is 6.26. The Morgan fingerprint density at radius 1 is 1.22 bits per heavy atom. The molecule has 0 bridgehead atoms. The van der Waals surface area contributed by atoms with E-state index < -0.39 is 0 Å². The molecule has 0 aromatic heterocycles. The molecule has 0 aromatic rings. The summed E-state index contributed by atoms with van der Waals surface area (Å²) < 4.78 is 0. The van der Waals surface area contributed by atoms with Crippen LogP contribution in [0.3, 0.4) is 0 Å². The number of hydrogen-bond acceptors (Lipinski definition) is 1. The van der Waals surface area contributed by atoms with Gasteiger partial charge in [-0.2, -0.15) is 0 Å². The number of hydrogen-bond donors (Lipinski definition) is 0. The summed E-state index contributed by atoms with van der Waals surface area (Å²) in [7, 11) is 1.76. The van der Waals surface area contributed by atoms with E-state index in [1.54, 1.807) is 13.3 Å². The molecule has 1 heteroatoms. The molecule has 0 N–H and O–H groups in total. The van der Waals surface area contributed by atoms with E-state index in [0.29, 0.717) is 0 Å². The topological polar surface area (TPSA) is 12.4 Å². The fraction of sp³-hybridized carbons (Fsp3) is 0.375. The van der Waals surface area contributed by atoms with Crippen LogP contribution in [0, 0.1) is 0 Å². The number of allylic oxidation sites excluding steroid dienone is 4. The largest absolute Gasteiger partial charge is 0.297 e. The van der Waals surface area contributed by atoms with Gasteiger partial charge in [0.25, 0.3) is 0 Å². The molecule has 0 fully saturated rings. The van der Waals surface area contributed by atoms with Gasteiger partial charge >= 0.3 is 0 Å². The van der Waals surface area contributed by atoms with Crippen LogP contribution in [-0.4, -0.2) is 13.3 Å². The fourth-order valence-electron chi connectivity index (χ4n) is 0.384. The van der Waals surface area contributed by atoms with Crippen LogP contribution in [-0.2, 0) is 0 Å². The Kier molecular flexibility index (Phi) is 4.79. The van der Waals surface area contributed by atoms with Crippen molar-refractivity contribution in [3.63, 3.8) is 0 Å². The maximum atomic E-state index is 3.79. The van der Waals surface area contributed by atoms with E-state index in [-0.39, 0.29) is 0 Å². The second-order valence-corrected chi connectivity index (χ2v) is 2.04. The Bertz CT molecular complexity index is 137. The minimum Gasteiger partial charge on any atom is -0.297 e. The van der Waals surface area contributed by atoms with Gasteiger partial charge in [-0.05, 0) is 19.9 Å². The van der Waals surface area contributed by atoms with E-state index in [0.717, 1.165) is 0 Å². The lowest BCUT2D eigenvalue weighted by atomic mass is 10.3.